The van der Waals surface area contributed by atoms with Crippen LogP contribution < -0.4 is 10.7 Å². The van der Waals surface area contributed by atoms with Crippen molar-refractivity contribution in [3.05, 3.63) is 29.3 Å². The zero-order valence-electron chi connectivity index (χ0n) is 14.3. The van der Waals surface area contributed by atoms with E-state index >= 15 is 0 Å². The van der Waals surface area contributed by atoms with Crippen molar-refractivity contribution >= 4 is 28.7 Å². The molecule has 1 aliphatic carbocycles. The lowest BCUT2D eigenvalue weighted by molar-refractivity contribution is 0.265. The van der Waals surface area contributed by atoms with Crippen molar-refractivity contribution in [1.82, 2.24) is 5.43 Å². The molecule has 0 heterocycles. The van der Waals surface area contributed by atoms with E-state index in [-0.39, 0.29) is 0 Å². The summed E-state index contributed by atoms with van der Waals surface area (Å²) in [5, 5.41) is 8.37. The van der Waals surface area contributed by atoms with Crippen molar-refractivity contribution in [2.45, 2.75) is 53.9 Å². The molecule has 2 N–H and O–H groups in total. The van der Waals surface area contributed by atoms with Crippen molar-refractivity contribution in [3.8, 4) is 0 Å². The first-order chi connectivity index (χ1) is 10.3. The number of rotatable bonds is 2. The van der Waals surface area contributed by atoms with Gasteiger partial charge in [-0.1, -0.05) is 39.0 Å². The molecule has 1 aromatic rings. The summed E-state index contributed by atoms with van der Waals surface area (Å²) in [6.45, 7) is 11.1. The van der Waals surface area contributed by atoms with Crippen molar-refractivity contribution < 1.29 is 0 Å². The zero-order chi connectivity index (χ0) is 16.3. The highest BCUT2D eigenvalue weighted by atomic mass is 32.1. The Kier molecular flexibility index (Phi) is 5.22. The first kappa shape index (κ1) is 16.9. The van der Waals surface area contributed by atoms with Gasteiger partial charge in [0.2, 0.25) is 0 Å². The number of nitrogens with one attached hydrogen (secondary N) is 2. The Bertz CT molecular complexity index is 570. The van der Waals surface area contributed by atoms with Crippen LogP contribution >= 0.6 is 12.2 Å². The van der Waals surface area contributed by atoms with Crippen LogP contribution in [-0.2, 0) is 0 Å². The van der Waals surface area contributed by atoms with Gasteiger partial charge in [0, 0.05) is 11.4 Å². The molecule has 1 fully saturated rings. The molecule has 22 heavy (non-hydrogen) atoms. The highest BCUT2D eigenvalue weighted by Crippen LogP contribution is 2.36. The number of anilines is 1. The monoisotopic (exact) mass is 317 g/mol. The molecule has 2 rings (SSSR count). The maximum atomic E-state index is 5.38. The smallest absolute Gasteiger partial charge is 0.191 e. The number of benzene rings is 1. The second-order valence-corrected chi connectivity index (χ2v) is 7.77. The van der Waals surface area contributed by atoms with E-state index in [9.17, 15) is 0 Å². The molecular formula is C18H27N3S. The maximum Gasteiger partial charge on any atom is 0.191 e. The number of hydrazone groups is 1. The third-order valence-corrected chi connectivity index (χ3v) is 4.40. The second-order valence-electron chi connectivity index (χ2n) is 7.37. The Morgan fingerprint density at radius 2 is 1.91 bits per heavy atom. The second kappa shape index (κ2) is 6.78. The van der Waals surface area contributed by atoms with Gasteiger partial charge in [0.1, 0.15) is 0 Å². The molecule has 1 aliphatic rings. The summed E-state index contributed by atoms with van der Waals surface area (Å²) >= 11 is 5.38. The van der Waals surface area contributed by atoms with E-state index in [0.29, 0.717) is 16.4 Å². The minimum absolute atomic E-state index is 0.333. The van der Waals surface area contributed by atoms with E-state index in [2.05, 4.69) is 68.7 Å². The Labute approximate surface area is 139 Å². The van der Waals surface area contributed by atoms with E-state index < -0.39 is 0 Å². The van der Waals surface area contributed by atoms with E-state index in [4.69, 9.17) is 12.2 Å². The molecule has 0 saturated heterocycles. The fourth-order valence-electron chi connectivity index (χ4n) is 3.48. The molecule has 0 amide bonds. The molecule has 1 atom stereocenters. The highest BCUT2D eigenvalue weighted by Gasteiger charge is 2.29. The van der Waals surface area contributed by atoms with Crippen LogP contribution in [0, 0.1) is 25.2 Å². The largest absolute Gasteiger partial charge is 0.331 e. The third kappa shape index (κ3) is 4.54. The standard InChI is InChI=1S/C18H27N3S/c1-12-9-15(11-18(4,5)10-12)20-21-17(22)19-16-13(2)7-6-8-14(16)3/h6-8,12H,9-11H2,1-5H3,(H2,19,21,22)/b20-15-. The molecule has 1 aromatic carbocycles. The predicted octanol–water partition coefficient (Wildman–Crippen LogP) is 4.79. The molecule has 0 aliphatic heterocycles. The minimum atomic E-state index is 0.333. The molecule has 0 aromatic heterocycles. The molecule has 3 nitrogen and oxygen atoms in total. The molecular weight excluding hydrogens is 290 g/mol. The lowest BCUT2D eigenvalue weighted by Gasteiger charge is -2.34. The Morgan fingerprint density at radius 1 is 1.27 bits per heavy atom. The van der Waals surface area contributed by atoms with Gasteiger partial charge in [-0.2, -0.15) is 5.10 Å². The number of nitrogens with zero attached hydrogens (tertiary/aromatic N) is 1. The maximum absolute atomic E-state index is 5.38. The average Bonchev–Trinajstić information content (AvgIpc) is 2.38. The molecule has 0 radical (unpaired) electrons. The van der Waals surface area contributed by atoms with Gasteiger partial charge in [-0.25, -0.2) is 0 Å². The minimum Gasteiger partial charge on any atom is -0.331 e. The van der Waals surface area contributed by atoms with Crippen LogP contribution in [0.3, 0.4) is 0 Å². The van der Waals surface area contributed by atoms with Crippen LogP contribution in [-0.4, -0.2) is 10.8 Å². The highest BCUT2D eigenvalue weighted by molar-refractivity contribution is 7.80. The Balaban J connectivity index is 1.99. The summed E-state index contributed by atoms with van der Waals surface area (Å²) in [4.78, 5) is 0. The van der Waals surface area contributed by atoms with Crippen LogP contribution in [0.15, 0.2) is 23.3 Å². The van der Waals surface area contributed by atoms with E-state index in [1.54, 1.807) is 0 Å². The quantitative estimate of drug-likeness (QED) is 0.608. The van der Waals surface area contributed by atoms with Gasteiger partial charge in [-0.05, 0) is 67.8 Å². The first-order valence-electron chi connectivity index (χ1n) is 7.95. The molecule has 0 spiro atoms. The van der Waals surface area contributed by atoms with Gasteiger partial charge in [0.15, 0.2) is 5.11 Å². The fraction of sp³-hybridized carbons (Fsp3) is 0.556. The van der Waals surface area contributed by atoms with Crippen LogP contribution in [0.2, 0.25) is 0 Å². The molecule has 4 heteroatoms. The van der Waals surface area contributed by atoms with E-state index in [0.717, 1.165) is 18.5 Å². The lowest BCUT2D eigenvalue weighted by atomic mass is 9.72. The number of hydrogen-bond donors (Lipinski definition) is 2. The normalized spacial score (nSPS) is 22.4. The summed E-state index contributed by atoms with van der Waals surface area (Å²) in [7, 11) is 0. The third-order valence-electron chi connectivity index (χ3n) is 4.20. The van der Waals surface area contributed by atoms with Gasteiger partial charge < -0.3 is 5.32 Å². The number of para-hydroxylation sites is 1. The van der Waals surface area contributed by atoms with Crippen molar-refractivity contribution in [1.29, 1.82) is 0 Å². The van der Waals surface area contributed by atoms with Crippen LogP contribution in [0.25, 0.3) is 0 Å². The summed E-state index contributed by atoms with van der Waals surface area (Å²) < 4.78 is 0. The SMILES string of the molecule is Cc1cccc(C)c1NC(=S)N/N=C1/CC(C)CC(C)(C)C1. The summed E-state index contributed by atoms with van der Waals surface area (Å²) in [5.41, 5.74) is 8.01. The summed E-state index contributed by atoms with van der Waals surface area (Å²) in [6.07, 6.45) is 3.36. The Morgan fingerprint density at radius 3 is 2.50 bits per heavy atom. The van der Waals surface area contributed by atoms with Crippen LogP contribution in [0.5, 0.6) is 0 Å². The fourth-order valence-corrected chi connectivity index (χ4v) is 3.63. The number of hydrogen-bond acceptors (Lipinski definition) is 2. The zero-order valence-corrected chi connectivity index (χ0v) is 15.1. The first-order valence-corrected chi connectivity index (χ1v) is 8.36. The lowest BCUT2D eigenvalue weighted by Crippen LogP contribution is -2.31. The average molecular weight is 318 g/mol. The summed E-state index contributed by atoms with van der Waals surface area (Å²) in [6, 6.07) is 6.21. The molecule has 1 unspecified atom stereocenters. The van der Waals surface area contributed by atoms with Crippen LogP contribution in [0.1, 0.15) is 51.2 Å². The van der Waals surface area contributed by atoms with Gasteiger partial charge in [0.05, 0.1) is 0 Å². The van der Waals surface area contributed by atoms with Gasteiger partial charge in [-0.15, -0.1) is 0 Å². The molecule has 1 saturated carbocycles. The van der Waals surface area contributed by atoms with E-state index in [1.807, 2.05) is 0 Å². The topological polar surface area (TPSA) is 36.4 Å². The molecule has 0 bridgehead atoms. The predicted molar refractivity (Wildman–Crippen MR) is 99.5 cm³/mol. The summed E-state index contributed by atoms with van der Waals surface area (Å²) in [5.74, 6) is 0.685. The van der Waals surface area contributed by atoms with E-state index in [1.165, 1.54) is 23.3 Å². The number of aryl methyl sites for hydroxylation is 2. The van der Waals surface area contributed by atoms with Gasteiger partial charge >= 0.3 is 0 Å². The van der Waals surface area contributed by atoms with Gasteiger partial charge in [-0.3, -0.25) is 5.43 Å². The number of thiocarbonyl (C=S) groups is 1. The molecule has 120 valence electrons. The van der Waals surface area contributed by atoms with Crippen LogP contribution in [0.4, 0.5) is 5.69 Å². The Hall–Kier alpha value is -1.42. The van der Waals surface area contributed by atoms with Gasteiger partial charge in [0.25, 0.3) is 0 Å². The van der Waals surface area contributed by atoms with Crippen molar-refractivity contribution in [3.63, 3.8) is 0 Å². The van der Waals surface area contributed by atoms with Crippen molar-refractivity contribution in [2.75, 3.05) is 5.32 Å². The van der Waals surface area contributed by atoms with Crippen molar-refractivity contribution in [2.24, 2.45) is 16.4 Å².